The normalized spacial score (nSPS) is 10.3. The minimum Gasteiger partial charge on any atom is -0.493 e. The standard InChI is InChI=1S/C19H16FN3O4/c1-26-16-8-7-13(9-17(16)27-2)21-18(24)15-10-14(22-19(25)23-15)11-3-5-12(20)6-4-11/h3-10H,1-2H3,(H,21,24)(H,22,23,25). The van der Waals surface area contributed by atoms with Crippen LogP contribution < -0.4 is 20.5 Å². The van der Waals surface area contributed by atoms with E-state index in [4.69, 9.17) is 9.47 Å². The Balaban J connectivity index is 1.89. The van der Waals surface area contributed by atoms with Crippen molar-refractivity contribution in [2.45, 2.75) is 0 Å². The van der Waals surface area contributed by atoms with E-state index < -0.39 is 17.4 Å². The van der Waals surface area contributed by atoms with Crippen molar-refractivity contribution in [2.24, 2.45) is 0 Å². The average Bonchev–Trinajstić information content (AvgIpc) is 2.67. The molecule has 0 aliphatic carbocycles. The van der Waals surface area contributed by atoms with Gasteiger partial charge in [0.15, 0.2) is 11.5 Å². The first kappa shape index (κ1) is 18.1. The van der Waals surface area contributed by atoms with Crippen LogP contribution in [0, 0.1) is 5.82 Å². The van der Waals surface area contributed by atoms with Gasteiger partial charge in [0.2, 0.25) is 0 Å². The molecule has 1 heterocycles. The molecule has 0 aliphatic rings. The Hall–Kier alpha value is -3.68. The molecule has 0 aliphatic heterocycles. The van der Waals surface area contributed by atoms with Gasteiger partial charge < -0.3 is 19.8 Å². The van der Waals surface area contributed by atoms with Crippen molar-refractivity contribution in [3.63, 3.8) is 0 Å². The molecule has 27 heavy (non-hydrogen) atoms. The number of rotatable bonds is 5. The predicted octanol–water partition coefficient (Wildman–Crippen LogP) is 2.85. The third-order valence-electron chi connectivity index (χ3n) is 3.77. The van der Waals surface area contributed by atoms with Crippen LogP contribution in [0.1, 0.15) is 10.5 Å². The topological polar surface area (TPSA) is 93.3 Å². The number of nitrogens with zero attached hydrogens (tertiary/aromatic N) is 1. The average molecular weight is 369 g/mol. The van der Waals surface area contributed by atoms with Crippen LogP contribution in [-0.2, 0) is 0 Å². The van der Waals surface area contributed by atoms with Crippen molar-refractivity contribution in [1.82, 2.24) is 9.97 Å². The Morgan fingerprint density at radius 1 is 1.04 bits per heavy atom. The molecule has 1 aromatic heterocycles. The minimum atomic E-state index is -0.686. The number of hydrogen-bond donors (Lipinski definition) is 2. The fourth-order valence-corrected chi connectivity index (χ4v) is 2.46. The number of H-pyrrole nitrogens is 1. The zero-order chi connectivity index (χ0) is 19.4. The Bertz CT molecular complexity index is 1030. The number of aromatic amines is 1. The Morgan fingerprint density at radius 2 is 1.74 bits per heavy atom. The zero-order valence-electron chi connectivity index (χ0n) is 14.6. The SMILES string of the molecule is COc1ccc(NC(=O)c2cc(-c3ccc(F)cc3)nc(=O)[nH]2)cc1OC. The molecule has 0 fully saturated rings. The fourth-order valence-electron chi connectivity index (χ4n) is 2.46. The van der Waals surface area contributed by atoms with Gasteiger partial charge in [0, 0.05) is 17.3 Å². The van der Waals surface area contributed by atoms with Gasteiger partial charge in [-0.15, -0.1) is 0 Å². The highest BCUT2D eigenvalue weighted by molar-refractivity contribution is 6.03. The van der Waals surface area contributed by atoms with E-state index in [0.717, 1.165) is 0 Å². The third-order valence-corrected chi connectivity index (χ3v) is 3.77. The molecule has 3 aromatic rings. The van der Waals surface area contributed by atoms with Gasteiger partial charge in [-0.25, -0.2) is 9.18 Å². The predicted molar refractivity (Wildman–Crippen MR) is 97.8 cm³/mol. The summed E-state index contributed by atoms with van der Waals surface area (Å²) in [5.74, 6) is 0.0250. The maximum Gasteiger partial charge on any atom is 0.346 e. The molecule has 7 nitrogen and oxygen atoms in total. The molecule has 0 saturated heterocycles. The lowest BCUT2D eigenvalue weighted by atomic mass is 10.1. The van der Waals surface area contributed by atoms with Crippen LogP contribution in [0.4, 0.5) is 10.1 Å². The van der Waals surface area contributed by atoms with E-state index in [0.29, 0.717) is 22.7 Å². The first-order valence-corrected chi connectivity index (χ1v) is 7.91. The van der Waals surface area contributed by atoms with E-state index >= 15 is 0 Å². The van der Waals surface area contributed by atoms with Crippen LogP contribution >= 0.6 is 0 Å². The van der Waals surface area contributed by atoms with Crippen molar-refractivity contribution in [3.8, 4) is 22.8 Å². The number of carbonyl (C=O) groups is 1. The molecule has 2 N–H and O–H groups in total. The van der Waals surface area contributed by atoms with Crippen molar-refractivity contribution in [3.05, 3.63) is 70.5 Å². The van der Waals surface area contributed by atoms with Gasteiger partial charge in [0.05, 0.1) is 19.9 Å². The fraction of sp³-hybridized carbons (Fsp3) is 0.105. The lowest BCUT2D eigenvalue weighted by Crippen LogP contribution is -2.21. The second kappa shape index (κ2) is 7.69. The molecule has 3 rings (SSSR count). The third kappa shape index (κ3) is 4.12. The molecular weight excluding hydrogens is 353 g/mol. The van der Waals surface area contributed by atoms with E-state index in [1.165, 1.54) is 44.6 Å². The highest BCUT2D eigenvalue weighted by Gasteiger charge is 2.13. The summed E-state index contributed by atoms with van der Waals surface area (Å²) in [4.78, 5) is 30.6. The van der Waals surface area contributed by atoms with Gasteiger partial charge in [-0.2, -0.15) is 4.98 Å². The molecule has 138 valence electrons. The van der Waals surface area contributed by atoms with Gasteiger partial charge in [0.25, 0.3) is 5.91 Å². The van der Waals surface area contributed by atoms with Crippen LogP contribution in [-0.4, -0.2) is 30.1 Å². The molecule has 0 spiro atoms. The first-order chi connectivity index (χ1) is 13.0. The van der Waals surface area contributed by atoms with Gasteiger partial charge in [-0.3, -0.25) is 4.79 Å². The zero-order valence-corrected chi connectivity index (χ0v) is 14.6. The summed E-state index contributed by atoms with van der Waals surface area (Å²) < 4.78 is 23.4. The monoisotopic (exact) mass is 369 g/mol. The van der Waals surface area contributed by atoms with Crippen LogP contribution in [0.15, 0.2) is 53.3 Å². The van der Waals surface area contributed by atoms with Gasteiger partial charge in [-0.05, 0) is 42.5 Å². The highest BCUT2D eigenvalue weighted by Crippen LogP contribution is 2.29. The summed E-state index contributed by atoms with van der Waals surface area (Å²) in [6.07, 6.45) is 0. The van der Waals surface area contributed by atoms with E-state index in [-0.39, 0.29) is 11.4 Å². The summed E-state index contributed by atoms with van der Waals surface area (Å²) in [5, 5.41) is 2.67. The smallest absolute Gasteiger partial charge is 0.346 e. The second-order valence-electron chi connectivity index (χ2n) is 5.52. The number of aromatic nitrogens is 2. The van der Waals surface area contributed by atoms with Crippen LogP contribution in [0.3, 0.4) is 0 Å². The first-order valence-electron chi connectivity index (χ1n) is 7.91. The summed E-state index contributed by atoms with van der Waals surface area (Å²) in [6.45, 7) is 0. The van der Waals surface area contributed by atoms with Crippen molar-refractivity contribution in [2.75, 3.05) is 19.5 Å². The van der Waals surface area contributed by atoms with Gasteiger partial charge >= 0.3 is 5.69 Å². The molecule has 0 radical (unpaired) electrons. The van der Waals surface area contributed by atoms with Crippen LogP contribution in [0.2, 0.25) is 0 Å². The minimum absolute atomic E-state index is 0.0177. The van der Waals surface area contributed by atoms with Gasteiger partial charge in [-0.1, -0.05) is 0 Å². The number of carbonyl (C=O) groups excluding carboxylic acids is 1. The molecule has 0 atom stereocenters. The molecule has 1 amide bonds. The van der Waals surface area contributed by atoms with Crippen LogP contribution in [0.5, 0.6) is 11.5 Å². The van der Waals surface area contributed by atoms with Crippen molar-refractivity contribution in [1.29, 1.82) is 0 Å². The van der Waals surface area contributed by atoms with E-state index in [1.807, 2.05) is 0 Å². The Labute approximate surface area is 153 Å². The summed E-state index contributed by atoms with van der Waals surface area (Å²) in [7, 11) is 2.99. The number of benzene rings is 2. The maximum atomic E-state index is 13.1. The number of anilines is 1. The lowest BCUT2D eigenvalue weighted by Gasteiger charge is -2.11. The van der Waals surface area contributed by atoms with E-state index in [2.05, 4.69) is 15.3 Å². The lowest BCUT2D eigenvalue weighted by molar-refractivity contribution is 0.102. The second-order valence-corrected chi connectivity index (χ2v) is 5.52. The number of methoxy groups -OCH3 is 2. The largest absolute Gasteiger partial charge is 0.493 e. The molecule has 0 bridgehead atoms. The van der Waals surface area contributed by atoms with Crippen molar-refractivity contribution >= 4 is 11.6 Å². The van der Waals surface area contributed by atoms with Crippen LogP contribution in [0.25, 0.3) is 11.3 Å². The molecule has 2 aromatic carbocycles. The maximum absolute atomic E-state index is 13.1. The molecule has 8 heteroatoms. The summed E-state index contributed by atoms with van der Waals surface area (Å²) in [5.41, 5.74) is 0.566. The molecular formula is C19H16FN3O4. The number of hydrogen-bond acceptors (Lipinski definition) is 5. The van der Waals surface area contributed by atoms with E-state index in [9.17, 15) is 14.0 Å². The molecule has 0 unspecified atom stereocenters. The van der Waals surface area contributed by atoms with Gasteiger partial charge in [0.1, 0.15) is 11.5 Å². The van der Waals surface area contributed by atoms with Crippen molar-refractivity contribution < 1.29 is 18.7 Å². The summed E-state index contributed by atoms with van der Waals surface area (Å²) in [6, 6.07) is 11.8. The highest BCUT2D eigenvalue weighted by atomic mass is 19.1. The Morgan fingerprint density at radius 3 is 2.41 bits per heavy atom. The quantitative estimate of drug-likeness (QED) is 0.721. The number of amides is 1. The summed E-state index contributed by atoms with van der Waals surface area (Å²) >= 11 is 0. The number of halogens is 1. The Kier molecular flexibility index (Phi) is 5.16. The van der Waals surface area contributed by atoms with E-state index in [1.54, 1.807) is 18.2 Å². The number of nitrogens with one attached hydrogen (secondary N) is 2. The molecule has 0 saturated carbocycles. The number of ether oxygens (including phenoxy) is 2.